The van der Waals surface area contributed by atoms with Crippen LogP contribution in [0.25, 0.3) is 10.9 Å². The Balaban J connectivity index is 2.23. The molecule has 0 aliphatic heterocycles. The van der Waals surface area contributed by atoms with Gasteiger partial charge in [-0.05, 0) is 59.2 Å². The highest BCUT2D eigenvalue weighted by atomic mass is 127. The summed E-state index contributed by atoms with van der Waals surface area (Å²) < 4.78 is 14.0. The summed E-state index contributed by atoms with van der Waals surface area (Å²) >= 11 is 5.40. The largest absolute Gasteiger partial charge is 0.358 e. The van der Waals surface area contributed by atoms with E-state index in [0.29, 0.717) is 12.8 Å². The average Bonchev–Trinajstić information content (AvgIpc) is 2.55. The Bertz CT molecular complexity index is 561. The minimum Gasteiger partial charge on any atom is -0.358 e. The van der Waals surface area contributed by atoms with Gasteiger partial charge in [-0.2, -0.15) is 0 Å². The molecular formula is C12H10BrFIN. The summed E-state index contributed by atoms with van der Waals surface area (Å²) in [7, 11) is 0. The van der Waals surface area contributed by atoms with Gasteiger partial charge in [0, 0.05) is 27.5 Å². The molecule has 1 heterocycles. The van der Waals surface area contributed by atoms with Crippen LogP contribution in [0.5, 0.6) is 0 Å². The molecule has 1 aromatic carbocycles. The Morgan fingerprint density at radius 2 is 2.25 bits per heavy atom. The second-order valence-electron chi connectivity index (χ2n) is 4.30. The Kier molecular flexibility index (Phi) is 2.55. The number of aromatic amines is 1. The molecule has 0 amide bonds. The maximum absolute atomic E-state index is 14.0. The standard InChI is InChI=1S/C12H10BrFIN/c13-7-1-2-10-8(5-7)9-6-12(14,15)4-3-11(9)16-10/h1-2,5,16H,3-4,6H2. The molecular weight excluding hydrogens is 384 g/mol. The number of fused-ring (bicyclic) bond motifs is 3. The summed E-state index contributed by atoms with van der Waals surface area (Å²) in [5.41, 5.74) is 3.47. The van der Waals surface area contributed by atoms with E-state index < -0.39 is 3.68 Å². The molecule has 0 fully saturated rings. The molecule has 1 aliphatic rings. The number of hydrogen-bond acceptors (Lipinski definition) is 0. The van der Waals surface area contributed by atoms with Crippen molar-refractivity contribution in [2.24, 2.45) is 0 Å². The van der Waals surface area contributed by atoms with Gasteiger partial charge in [0.2, 0.25) is 0 Å². The van der Waals surface area contributed by atoms with Gasteiger partial charge in [-0.25, -0.2) is 4.39 Å². The lowest BCUT2D eigenvalue weighted by molar-refractivity contribution is 0.280. The summed E-state index contributed by atoms with van der Waals surface area (Å²) in [5.74, 6) is 0. The summed E-state index contributed by atoms with van der Waals surface area (Å²) in [6.45, 7) is 0. The Morgan fingerprint density at radius 3 is 3.06 bits per heavy atom. The molecule has 0 radical (unpaired) electrons. The number of halogens is 3. The van der Waals surface area contributed by atoms with Crippen LogP contribution >= 0.6 is 38.5 Å². The molecule has 3 rings (SSSR count). The monoisotopic (exact) mass is 393 g/mol. The van der Waals surface area contributed by atoms with Crippen molar-refractivity contribution in [2.75, 3.05) is 0 Å². The third kappa shape index (κ3) is 1.79. The second kappa shape index (κ2) is 3.70. The fraction of sp³-hybridized carbons (Fsp3) is 0.333. The summed E-state index contributed by atoms with van der Waals surface area (Å²) in [5, 5.41) is 1.16. The average molecular weight is 394 g/mol. The van der Waals surface area contributed by atoms with Gasteiger partial charge < -0.3 is 4.98 Å². The number of H-pyrrole nitrogens is 1. The van der Waals surface area contributed by atoms with E-state index in [1.165, 1.54) is 5.69 Å². The van der Waals surface area contributed by atoms with Crippen LogP contribution in [0.4, 0.5) is 4.39 Å². The minimum absolute atomic E-state index is 0.513. The molecule has 1 N–H and O–H groups in total. The third-order valence-corrected chi connectivity index (χ3v) is 4.55. The van der Waals surface area contributed by atoms with Gasteiger partial charge in [-0.3, -0.25) is 0 Å². The predicted octanol–water partition coefficient (Wildman–Crippen LogP) is 4.52. The first-order valence-electron chi connectivity index (χ1n) is 5.22. The topological polar surface area (TPSA) is 15.8 Å². The highest BCUT2D eigenvalue weighted by molar-refractivity contribution is 14.1. The second-order valence-corrected chi connectivity index (χ2v) is 7.15. The van der Waals surface area contributed by atoms with E-state index in [0.717, 1.165) is 27.4 Å². The van der Waals surface area contributed by atoms with Crippen LogP contribution in [0.3, 0.4) is 0 Å². The van der Waals surface area contributed by atoms with Gasteiger partial charge >= 0.3 is 0 Å². The molecule has 4 heteroatoms. The van der Waals surface area contributed by atoms with Crippen LogP contribution in [0.2, 0.25) is 0 Å². The molecule has 1 aliphatic carbocycles. The van der Waals surface area contributed by atoms with Gasteiger partial charge in [-0.15, -0.1) is 0 Å². The number of rotatable bonds is 0. The first-order chi connectivity index (χ1) is 7.55. The smallest absolute Gasteiger partial charge is 0.165 e. The SMILES string of the molecule is FC1(I)CCc2[nH]c3ccc(Br)cc3c2C1. The molecule has 2 aromatic rings. The van der Waals surface area contributed by atoms with E-state index >= 15 is 0 Å². The first-order valence-corrected chi connectivity index (χ1v) is 7.09. The van der Waals surface area contributed by atoms with Gasteiger partial charge in [0.25, 0.3) is 0 Å². The van der Waals surface area contributed by atoms with Gasteiger partial charge in [0.05, 0.1) is 0 Å². The number of benzene rings is 1. The zero-order valence-electron chi connectivity index (χ0n) is 8.49. The molecule has 0 saturated carbocycles. The lowest BCUT2D eigenvalue weighted by Crippen LogP contribution is -2.23. The highest BCUT2D eigenvalue weighted by Crippen LogP contribution is 2.40. The van der Waals surface area contributed by atoms with Gasteiger partial charge in [0.1, 0.15) is 0 Å². The lowest BCUT2D eigenvalue weighted by atomic mass is 9.94. The van der Waals surface area contributed by atoms with Crippen molar-refractivity contribution in [1.29, 1.82) is 0 Å². The van der Waals surface area contributed by atoms with Crippen LogP contribution in [-0.4, -0.2) is 8.66 Å². The number of aryl methyl sites for hydroxylation is 1. The molecule has 0 bridgehead atoms. The fourth-order valence-electron chi connectivity index (χ4n) is 2.35. The summed E-state index contributed by atoms with van der Waals surface area (Å²) in [6.07, 6.45) is 1.93. The van der Waals surface area contributed by atoms with Gasteiger partial charge in [0.15, 0.2) is 3.68 Å². The Hall–Kier alpha value is -0.100. The van der Waals surface area contributed by atoms with Crippen molar-refractivity contribution in [1.82, 2.24) is 4.98 Å². The molecule has 0 saturated heterocycles. The summed E-state index contributed by atoms with van der Waals surface area (Å²) in [6, 6.07) is 6.13. The molecule has 1 nitrogen and oxygen atoms in total. The van der Waals surface area contributed by atoms with E-state index in [1.54, 1.807) is 0 Å². The van der Waals surface area contributed by atoms with E-state index in [1.807, 2.05) is 34.7 Å². The zero-order chi connectivity index (χ0) is 11.3. The maximum Gasteiger partial charge on any atom is 0.165 e. The van der Waals surface area contributed by atoms with E-state index in [4.69, 9.17) is 0 Å². The van der Waals surface area contributed by atoms with Crippen LogP contribution in [0, 0.1) is 0 Å². The number of nitrogens with one attached hydrogen (secondary N) is 1. The third-order valence-electron chi connectivity index (χ3n) is 3.13. The molecule has 1 aromatic heterocycles. The normalized spacial score (nSPS) is 24.7. The molecule has 1 atom stereocenters. The number of aromatic nitrogens is 1. The minimum atomic E-state index is -1.08. The van der Waals surface area contributed by atoms with Crippen molar-refractivity contribution in [2.45, 2.75) is 22.9 Å². The van der Waals surface area contributed by atoms with E-state index in [2.05, 4.69) is 27.0 Å². The number of alkyl halides is 2. The Labute approximate surface area is 115 Å². The van der Waals surface area contributed by atoms with Crippen LogP contribution in [-0.2, 0) is 12.8 Å². The lowest BCUT2D eigenvalue weighted by Gasteiger charge is -2.23. The van der Waals surface area contributed by atoms with Crippen LogP contribution < -0.4 is 0 Å². The first kappa shape index (κ1) is 11.0. The van der Waals surface area contributed by atoms with Crippen molar-refractivity contribution in [3.8, 4) is 0 Å². The van der Waals surface area contributed by atoms with Gasteiger partial charge in [-0.1, -0.05) is 15.9 Å². The highest BCUT2D eigenvalue weighted by Gasteiger charge is 2.33. The van der Waals surface area contributed by atoms with E-state index in [-0.39, 0.29) is 0 Å². The van der Waals surface area contributed by atoms with Crippen LogP contribution in [0.1, 0.15) is 17.7 Å². The number of hydrogen-bond donors (Lipinski definition) is 1. The zero-order valence-corrected chi connectivity index (χ0v) is 12.2. The van der Waals surface area contributed by atoms with Crippen molar-refractivity contribution in [3.05, 3.63) is 33.9 Å². The van der Waals surface area contributed by atoms with Crippen LogP contribution in [0.15, 0.2) is 22.7 Å². The maximum atomic E-state index is 14.0. The quantitative estimate of drug-likeness (QED) is 0.500. The van der Waals surface area contributed by atoms with Crippen molar-refractivity contribution in [3.63, 3.8) is 0 Å². The van der Waals surface area contributed by atoms with Crippen molar-refractivity contribution >= 4 is 49.4 Å². The molecule has 16 heavy (non-hydrogen) atoms. The fourth-order valence-corrected chi connectivity index (χ4v) is 3.36. The molecule has 1 unspecified atom stereocenters. The molecule has 0 spiro atoms. The van der Waals surface area contributed by atoms with Crippen molar-refractivity contribution < 1.29 is 4.39 Å². The van der Waals surface area contributed by atoms with E-state index in [9.17, 15) is 4.39 Å². The molecule has 84 valence electrons. The predicted molar refractivity (Wildman–Crippen MR) is 75.9 cm³/mol. The summed E-state index contributed by atoms with van der Waals surface area (Å²) in [4.78, 5) is 3.39. The Morgan fingerprint density at radius 1 is 1.44 bits per heavy atom.